The molecule has 1 fully saturated rings. The molecule has 2 aromatic rings. The van der Waals surface area contributed by atoms with Gasteiger partial charge in [0.15, 0.2) is 6.29 Å². The summed E-state index contributed by atoms with van der Waals surface area (Å²) in [6.07, 6.45) is 4.51. The maximum Gasteiger partial charge on any atom is 0.286 e. The molecule has 0 saturated carbocycles. The van der Waals surface area contributed by atoms with Crippen molar-refractivity contribution in [3.05, 3.63) is 49.8 Å². The van der Waals surface area contributed by atoms with Crippen molar-refractivity contribution in [3.63, 3.8) is 0 Å². The average molecular weight is 430 g/mol. The number of rotatable bonds is 3. The van der Waals surface area contributed by atoms with Gasteiger partial charge in [0.05, 0.1) is 23.0 Å². The summed E-state index contributed by atoms with van der Waals surface area (Å²) in [5.74, 6) is 0.722. The van der Waals surface area contributed by atoms with Gasteiger partial charge in [-0.2, -0.15) is 9.78 Å². The predicted octanol–water partition coefficient (Wildman–Crippen LogP) is 3.66. The van der Waals surface area contributed by atoms with E-state index in [4.69, 9.17) is 9.47 Å². The van der Waals surface area contributed by atoms with Crippen molar-refractivity contribution in [2.24, 2.45) is 0 Å². The maximum atomic E-state index is 12.2. The smallest absolute Gasteiger partial charge is 0.286 e. The summed E-state index contributed by atoms with van der Waals surface area (Å²) in [4.78, 5) is 12.2. The highest BCUT2D eigenvalue weighted by molar-refractivity contribution is 9.13. The molecule has 1 unspecified atom stereocenters. The Hall–Kier alpha value is -1.18. The molecule has 0 aliphatic carbocycles. The lowest BCUT2D eigenvalue weighted by Crippen LogP contribution is -2.25. The van der Waals surface area contributed by atoms with Crippen molar-refractivity contribution >= 4 is 31.9 Å². The molecule has 0 radical (unpaired) electrons. The van der Waals surface area contributed by atoms with Crippen molar-refractivity contribution in [2.45, 2.75) is 25.6 Å². The summed E-state index contributed by atoms with van der Waals surface area (Å²) in [6.45, 7) is 0.745. The molecule has 1 atom stereocenters. The Labute approximate surface area is 144 Å². The van der Waals surface area contributed by atoms with Gasteiger partial charge >= 0.3 is 0 Å². The summed E-state index contributed by atoms with van der Waals surface area (Å²) in [7, 11) is 0. The summed E-state index contributed by atoms with van der Waals surface area (Å²) in [6, 6.07) is 7.23. The molecule has 116 valence electrons. The number of hydrogen-bond acceptors (Lipinski definition) is 4. The second-order valence-corrected chi connectivity index (χ2v) is 6.58. The van der Waals surface area contributed by atoms with Crippen LogP contribution in [0.5, 0.6) is 5.75 Å². The highest BCUT2D eigenvalue weighted by Crippen LogP contribution is 2.21. The maximum absolute atomic E-state index is 12.2. The minimum atomic E-state index is -0.223. The minimum absolute atomic E-state index is 0.178. The molecule has 7 heteroatoms. The van der Waals surface area contributed by atoms with E-state index in [2.05, 4.69) is 37.0 Å². The van der Waals surface area contributed by atoms with Crippen LogP contribution in [0.4, 0.5) is 0 Å². The zero-order valence-corrected chi connectivity index (χ0v) is 14.8. The monoisotopic (exact) mass is 428 g/mol. The fourth-order valence-corrected chi connectivity index (χ4v) is 2.75. The van der Waals surface area contributed by atoms with Crippen LogP contribution in [-0.4, -0.2) is 22.7 Å². The Morgan fingerprint density at radius 2 is 2.00 bits per heavy atom. The second-order valence-electron chi connectivity index (χ2n) is 4.93. The molecule has 22 heavy (non-hydrogen) atoms. The number of halogens is 2. The van der Waals surface area contributed by atoms with Crippen molar-refractivity contribution < 1.29 is 9.47 Å². The zero-order valence-electron chi connectivity index (χ0n) is 11.7. The lowest BCUT2D eigenvalue weighted by atomic mass is 10.2. The fourth-order valence-electron chi connectivity index (χ4n) is 2.22. The molecule has 0 bridgehead atoms. The van der Waals surface area contributed by atoms with Gasteiger partial charge in [0.25, 0.3) is 5.56 Å². The first-order valence-electron chi connectivity index (χ1n) is 6.97. The van der Waals surface area contributed by atoms with Crippen LogP contribution in [-0.2, 0) is 4.74 Å². The Balaban J connectivity index is 1.79. The van der Waals surface area contributed by atoms with Crippen LogP contribution in [0.15, 0.2) is 44.2 Å². The normalized spacial score (nSPS) is 18.2. The van der Waals surface area contributed by atoms with E-state index in [1.54, 1.807) is 18.3 Å². The van der Waals surface area contributed by atoms with Gasteiger partial charge in [-0.25, -0.2) is 0 Å². The highest BCUT2D eigenvalue weighted by Gasteiger charge is 2.15. The van der Waals surface area contributed by atoms with Gasteiger partial charge in [-0.1, -0.05) is 0 Å². The van der Waals surface area contributed by atoms with E-state index < -0.39 is 0 Å². The summed E-state index contributed by atoms with van der Waals surface area (Å²) in [5, 5.41) is 4.12. The summed E-state index contributed by atoms with van der Waals surface area (Å²) < 4.78 is 13.7. The van der Waals surface area contributed by atoms with Crippen LogP contribution in [0, 0.1) is 0 Å². The predicted molar refractivity (Wildman–Crippen MR) is 89.5 cm³/mol. The largest absolute Gasteiger partial charge is 0.465 e. The van der Waals surface area contributed by atoms with Gasteiger partial charge in [-0.3, -0.25) is 4.79 Å². The van der Waals surface area contributed by atoms with E-state index in [0.717, 1.165) is 31.6 Å². The van der Waals surface area contributed by atoms with Gasteiger partial charge in [0.1, 0.15) is 10.2 Å². The third-order valence-electron chi connectivity index (χ3n) is 3.36. The molecule has 0 spiro atoms. The molecule has 1 saturated heterocycles. The van der Waals surface area contributed by atoms with Crippen LogP contribution < -0.4 is 10.3 Å². The van der Waals surface area contributed by atoms with Crippen LogP contribution in [0.2, 0.25) is 0 Å². The van der Waals surface area contributed by atoms with E-state index in [0.29, 0.717) is 14.6 Å². The lowest BCUT2D eigenvalue weighted by molar-refractivity contribution is -0.105. The van der Waals surface area contributed by atoms with Crippen LogP contribution in [0.1, 0.15) is 19.3 Å². The van der Waals surface area contributed by atoms with Crippen molar-refractivity contribution in [3.8, 4) is 11.4 Å². The zero-order chi connectivity index (χ0) is 15.5. The molecule has 0 N–H and O–H groups in total. The van der Waals surface area contributed by atoms with Gasteiger partial charge in [-0.05, 0) is 69.0 Å². The van der Waals surface area contributed by atoms with Gasteiger partial charge in [-0.15, -0.1) is 0 Å². The van der Waals surface area contributed by atoms with E-state index in [1.807, 2.05) is 12.1 Å². The number of benzene rings is 1. The molecule has 2 heterocycles. The van der Waals surface area contributed by atoms with E-state index in [1.165, 1.54) is 4.68 Å². The molecule has 1 aromatic heterocycles. The standard InChI is InChI=1S/C15H14Br2N2O3/c16-12-9-18-19(15(20)14(12)17)10-4-6-11(7-5-10)22-13-3-1-2-8-21-13/h4-7,9,13H,1-3,8H2. The molecule has 1 aromatic carbocycles. The quantitative estimate of drug-likeness (QED) is 0.746. The van der Waals surface area contributed by atoms with E-state index in [-0.39, 0.29) is 11.8 Å². The molecule has 1 aliphatic heterocycles. The Morgan fingerprint density at radius 3 is 2.68 bits per heavy atom. The molecule has 0 amide bonds. The molecule has 1 aliphatic rings. The molecular weight excluding hydrogens is 416 g/mol. The van der Waals surface area contributed by atoms with Crippen LogP contribution in [0.25, 0.3) is 5.69 Å². The topological polar surface area (TPSA) is 53.4 Å². The van der Waals surface area contributed by atoms with Crippen molar-refractivity contribution in [1.82, 2.24) is 9.78 Å². The van der Waals surface area contributed by atoms with Crippen LogP contribution in [0.3, 0.4) is 0 Å². The first-order chi connectivity index (χ1) is 10.6. The number of hydrogen-bond donors (Lipinski definition) is 0. The first-order valence-corrected chi connectivity index (χ1v) is 8.56. The van der Waals surface area contributed by atoms with Crippen LogP contribution >= 0.6 is 31.9 Å². The van der Waals surface area contributed by atoms with Crippen molar-refractivity contribution in [1.29, 1.82) is 0 Å². The van der Waals surface area contributed by atoms with E-state index >= 15 is 0 Å². The third-order valence-corrected chi connectivity index (χ3v) is 5.26. The second kappa shape index (κ2) is 6.93. The number of aromatic nitrogens is 2. The lowest BCUT2D eigenvalue weighted by Gasteiger charge is -2.23. The Kier molecular flexibility index (Phi) is 4.95. The first kappa shape index (κ1) is 15.7. The molecule has 5 nitrogen and oxygen atoms in total. The van der Waals surface area contributed by atoms with Crippen molar-refractivity contribution in [2.75, 3.05) is 6.61 Å². The highest BCUT2D eigenvalue weighted by atomic mass is 79.9. The van der Waals surface area contributed by atoms with Gasteiger partial charge in [0.2, 0.25) is 0 Å². The van der Waals surface area contributed by atoms with Gasteiger partial charge < -0.3 is 9.47 Å². The fraction of sp³-hybridized carbons (Fsp3) is 0.333. The SMILES string of the molecule is O=c1c(Br)c(Br)cnn1-c1ccc(OC2CCCCO2)cc1. The Bertz CT molecular complexity index is 710. The molecule has 3 rings (SSSR count). The van der Waals surface area contributed by atoms with Gasteiger partial charge in [0, 0.05) is 6.42 Å². The van der Waals surface area contributed by atoms with E-state index in [9.17, 15) is 4.79 Å². The third kappa shape index (κ3) is 3.42. The number of nitrogens with zero attached hydrogens (tertiary/aromatic N) is 2. The Morgan fingerprint density at radius 1 is 1.23 bits per heavy atom. The molecular formula is C15H14Br2N2O3. The number of ether oxygens (including phenoxy) is 2. The summed E-state index contributed by atoms with van der Waals surface area (Å²) >= 11 is 6.51. The summed E-state index contributed by atoms with van der Waals surface area (Å²) in [5.41, 5.74) is 0.453. The minimum Gasteiger partial charge on any atom is -0.465 e. The average Bonchev–Trinajstić information content (AvgIpc) is 2.55.